The Morgan fingerprint density at radius 2 is 2.28 bits per heavy atom. The Bertz CT molecular complexity index is 527. The van der Waals surface area contributed by atoms with E-state index < -0.39 is 27.7 Å². The topological polar surface area (TPSA) is 107 Å². The van der Waals surface area contributed by atoms with E-state index in [1.54, 1.807) is 0 Å². The number of hydrogen-bond donors (Lipinski definition) is 1. The summed E-state index contributed by atoms with van der Waals surface area (Å²) in [7, 11) is 0. The molecule has 0 heterocycles. The molecule has 1 unspecified atom stereocenters. The molecule has 1 rings (SSSR count). The summed E-state index contributed by atoms with van der Waals surface area (Å²) in [6.07, 6.45) is 0.875. The molecule has 0 aliphatic carbocycles. The molecule has 0 aromatic heterocycles. The van der Waals surface area contributed by atoms with Crippen LogP contribution in [0, 0.1) is 10.1 Å². The molecule has 8 heteroatoms. The van der Waals surface area contributed by atoms with Gasteiger partial charge in [0.1, 0.15) is 0 Å². The monoisotopic (exact) mass is 271 g/mol. The van der Waals surface area contributed by atoms with Gasteiger partial charge >= 0.3 is 11.7 Å². The summed E-state index contributed by atoms with van der Waals surface area (Å²) in [5.74, 6) is -1.30. The van der Waals surface area contributed by atoms with Crippen LogP contribution in [-0.2, 0) is 21.6 Å². The molecule has 0 saturated heterocycles. The van der Waals surface area contributed by atoms with Crippen molar-refractivity contribution in [1.29, 1.82) is 0 Å². The molecule has 96 valence electrons. The zero-order valence-corrected chi connectivity index (χ0v) is 9.88. The average Bonchev–Trinajstić information content (AvgIpc) is 2.29. The smallest absolute Gasteiger partial charge is 0.335 e. The van der Waals surface area contributed by atoms with Crippen LogP contribution in [0.15, 0.2) is 30.9 Å². The highest BCUT2D eigenvalue weighted by Crippen LogP contribution is 2.28. The molecule has 0 fully saturated rings. The number of benzene rings is 1. The van der Waals surface area contributed by atoms with Crippen LogP contribution in [0.5, 0.6) is 5.75 Å². The summed E-state index contributed by atoms with van der Waals surface area (Å²) in [5.41, 5.74) is -0.158. The first-order valence-electron chi connectivity index (χ1n) is 4.63. The molecule has 1 N–H and O–H groups in total. The number of esters is 1. The molecule has 0 aliphatic rings. The van der Waals surface area contributed by atoms with Crippen molar-refractivity contribution >= 4 is 22.7 Å². The van der Waals surface area contributed by atoms with Crippen LogP contribution in [0.4, 0.5) is 5.69 Å². The second-order valence-electron chi connectivity index (χ2n) is 3.15. The van der Waals surface area contributed by atoms with Gasteiger partial charge in [-0.1, -0.05) is 12.6 Å². The first kappa shape index (κ1) is 14.0. The van der Waals surface area contributed by atoms with Crippen molar-refractivity contribution in [2.45, 2.75) is 5.75 Å². The lowest BCUT2D eigenvalue weighted by Gasteiger charge is -2.04. The first-order valence-corrected chi connectivity index (χ1v) is 5.90. The largest absolute Gasteiger partial charge is 0.416 e. The van der Waals surface area contributed by atoms with E-state index >= 15 is 0 Å². The predicted octanol–water partition coefficient (Wildman–Crippen LogP) is 1.41. The molecular weight excluding hydrogens is 262 g/mol. The van der Waals surface area contributed by atoms with Crippen molar-refractivity contribution in [3.05, 3.63) is 46.5 Å². The number of rotatable bonds is 5. The summed E-state index contributed by atoms with van der Waals surface area (Å²) in [6, 6.07) is 3.65. The van der Waals surface area contributed by atoms with E-state index in [0.717, 1.165) is 12.1 Å². The van der Waals surface area contributed by atoms with Gasteiger partial charge in [-0.2, -0.15) is 0 Å². The van der Waals surface area contributed by atoms with Gasteiger partial charge in [0.2, 0.25) is 5.75 Å². The zero-order valence-electron chi connectivity index (χ0n) is 9.07. The van der Waals surface area contributed by atoms with Gasteiger partial charge in [0, 0.05) is 12.1 Å². The lowest BCUT2D eigenvalue weighted by atomic mass is 10.2. The lowest BCUT2D eigenvalue weighted by molar-refractivity contribution is -0.385. The van der Waals surface area contributed by atoms with Crippen LogP contribution in [-0.4, -0.2) is 19.7 Å². The number of nitrogens with zero attached hydrogens (tertiary/aromatic N) is 1. The molecular formula is C10H9NO6S. The van der Waals surface area contributed by atoms with Gasteiger partial charge in [0.05, 0.1) is 10.7 Å². The number of hydrogen-bond acceptors (Lipinski definition) is 5. The minimum atomic E-state index is -2.10. The maximum absolute atomic E-state index is 11.0. The highest BCUT2D eigenvalue weighted by molar-refractivity contribution is 7.78. The summed E-state index contributed by atoms with van der Waals surface area (Å²) in [5, 5.41) is 10.8. The van der Waals surface area contributed by atoms with Gasteiger partial charge in [0.25, 0.3) is 0 Å². The van der Waals surface area contributed by atoms with Crippen molar-refractivity contribution < 1.29 is 23.2 Å². The van der Waals surface area contributed by atoms with Crippen molar-refractivity contribution in [1.82, 2.24) is 0 Å². The number of nitro benzene ring substituents is 1. The average molecular weight is 271 g/mol. The standard InChI is InChI=1S/C10H9NO6S/c1-2-10(12)17-9-4-3-7(6-18(15)16)5-8(9)11(13)14/h2-5H,1,6H2,(H,15,16). The van der Waals surface area contributed by atoms with Crippen LogP contribution in [0.1, 0.15) is 5.56 Å². The SMILES string of the molecule is C=CC(=O)Oc1ccc(CS(=O)O)cc1[N+](=O)[O-]. The van der Waals surface area contributed by atoms with E-state index in [1.165, 1.54) is 12.1 Å². The van der Waals surface area contributed by atoms with E-state index in [2.05, 4.69) is 11.3 Å². The van der Waals surface area contributed by atoms with Crippen LogP contribution in [0.3, 0.4) is 0 Å². The molecule has 0 aliphatic heterocycles. The Morgan fingerprint density at radius 1 is 1.61 bits per heavy atom. The van der Waals surface area contributed by atoms with Crippen molar-refractivity contribution in [2.24, 2.45) is 0 Å². The lowest BCUT2D eigenvalue weighted by Crippen LogP contribution is -2.06. The Hall–Kier alpha value is -2.06. The number of ether oxygens (including phenoxy) is 1. The van der Waals surface area contributed by atoms with Gasteiger partial charge in [-0.3, -0.25) is 10.1 Å². The highest BCUT2D eigenvalue weighted by atomic mass is 32.2. The van der Waals surface area contributed by atoms with Gasteiger partial charge in [-0.15, -0.1) is 0 Å². The zero-order chi connectivity index (χ0) is 13.7. The van der Waals surface area contributed by atoms with Crippen LogP contribution in [0.2, 0.25) is 0 Å². The second-order valence-corrected chi connectivity index (χ2v) is 4.08. The molecule has 1 atom stereocenters. The van der Waals surface area contributed by atoms with Crippen LogP contribution >= 0.6 is 0 Å². The third kappa shape index (κ3) is 3.75. The minimum absolute atomic E-state index is 0.239. The van der Waals surface area contributed by atoms with Gasteiger partial charge in [0.15, 0.2) is 11.1 Å². The molecule has 0 spiro atoms. The molecule has 1 aromatic rings. The summed E-state index contributed by atoms with van der Waals surface area (Å²) < 4.78 is 24.0. The molecule has 18 heavy (non-hydrogen) atoms. The fraction of sp³-hybridized carbons (Fsp3) is 0.100. The van der Waals surface area contributed by atoms with E-state index in [-0.39, 0.29) is 11.5 Å². The van der Waals surface area contributed by atoms with Crippen LogP contribution < -0.4 is 4.74 Å². The van der Waals surface area contributed by atoms with Gasteiger partial charge < -0.3 is 9.29 Å². The molecule has 1 aromatic carbocycles. The summed E-state index contributed by atoms with van der Waals surface area (Å²) in [6.45, 7) is 3.17. The number of carbonyl (C=O) groups excluding carboxylic acids is 1. The van der Waals surface area contributed by atoms with Crippen molar-refractivity contribution in [3.8, 4) is 5.75 Å². The first-order chi connectivity index (χ1) is 8.43. The molecule has 0 bridgehead atoms. The normalized spacial score (nSPS) is 11.6. The summed E-state index contributed by atoms with van der Waals surface area (Å²) >= 11 is -2.10. The Labute approximate surface area is 105 Å². The molecule has 7 nitrogen and oxygen atoms in total. The Kier molecular flexibility index (Phi) is 4.69. The maximum atomic E-state index is 11.0. The third-order valence-electron chi connectivity index (χ3n) is 1.89. The maximum Gasteiger partial charge on any atom is 0.335 e. The summed E-state index contributed by atoms with van der Waals surface area (Å²) in [4.78, 5) is 21.0. The van der Waals surface area contributed by atoms with Crippen LogP contribution in [0.25, 0.3) is 0 Å². The highest BCUT2D eigenvalue weighted by Gasteiger charge is 2.18. The predicted molar refractivity (Wildman–Crippen MR) is 63.4 cm³/mol. The minimum Gasteiger partial charge on any atom is -0.416 e. The fourth-order valence-corrected chi connectivity index (χ4v) is 1.64. The molecule has 0 amide bonds. The third-order valence-corrected chi connectivity index (χ3v) is 2.47. The molecule has 0 radical (unpaired) electrons. The fourth-order valence-electron chi connectivity index (χ4n) is 1.17. The van der Waals surface area contributed by atoms with Crippen molar-refractivity contribution in [2.75, 3.05) is 0 Å². The van der Waals surface area contributed by atoms with E-state index in [0.29, 0.717) is 5.56 Å². The van der Waals surface area contributed by atoms with E-state index in [1.807, 2.05) is 0 Å². The van der Waals surface area contributed by atoms with E-state index in [9.17, 15) is 19.1 Å². The van der Waals surface area contributed by atoms with Gasteiger partial charge in [-0.05, 0) is 11.6 Å². The van der Waals surface area contributed by atoms with Crippen molar-refractivity contribution in [3.63, 3.8) is 0 Å². The number of nitro groups is 1. The number of carbonyl (C=O) groups is 1. The quantitative estimate of drug-likeness (QED) is 0.217. The molecule has 0 saturated carbocycles. The second kappa shape index (κ2) is 6.03. The van der Waals surface area contributed by atoms with E-state index in [4.69, 9.17) is 4.55 Å². The Morgan fingerprint density at radius 3 is 2.78 bits per heavy atom. The van der Waals surface area contributed by atoms with Gasteiger partial charge in [-0.25, -0.2) is 9.00 Å². The Balaban J connectivity index is 3.11.